The molecular formula is C18H24N2O4. The number of aromatic nitrogens is 2. The van der Waals surface area contributed by atoms with Crippen LogP contribution in [0.5, 0.6) is 0 Å². The molecule has 0 N–H and O–H groups in total. The minimum absolute atomic E-state index is 0.114. The average Bonchev–Trinajstić information content (AvgIpc) is 3.01. The van der Waals surface area contributed by atoms with Crippen molar-refractivity contribution in [3.05, 3.63) is 30.0 Å². The highest BCUT2D eigenvalue weighted by Crippen LogP contribution is 2.20. The van der Waals surface area contributed by atoms with E-state index in [1.54, 1.807) is 24.3 Å². The number of esters is 1. The Balaban J connectivity index is 2.19. The fourth-order valence-electron chi connectivity index (χ4n) is 2.60. The molecule has 0 spiro atoms. The van der Waals surface area contributed by atoms with Gasteiger partial charge in [0.15, 0.2) is 5.69 Å². The lowest BCUT2D eigenvalue weighted by Crippen LogP contribution is -2.20. The minimum Gasteiger partial charge on any atom is -0.464 e. The first-order chi connectivity index (χ1) is 11.6. The Hall–Kier alpha value is -2.37. The maximum absolute atomic E-state index is 12.4. The number of fused-ring (bicyclic) bond motifs is 1. The number of hydrogen-bond donors (Lipinski definition) is 0. The minimum atomic E-state index is -0.577. The van der Waals surface area contributed by atoms with Gasteiger partial charge in [0, 0.05) is 5.39 Å². The van der Waals surface area contributed by atoms with Gasteiger partial charge in [-0.25, -0.2) is 9.59 Å². The number of benzene rings is 1. The molecule has 2 rings (SSSR count). The van der Waals surface area contributed by atoms with Gasteiger partial charge in [0.25, 0.3) is 0 Å². The number of carbonyl (C=O) groups is 2. The molecule has 1 heterocycles. The molecule has 0 bridgehead atoms. The average molecular weight is 332 g/mol. The molecule has 1 aromatic carbocycles. The molecule has 24 heavy (non-hydrogen) atoms. The molecule has 1 aromatic heterocycles. The Morgan fingerprint density at radius 2 is 2.00 bits per heavy atom. The molecule has 0 fully saturated rings. The molecule has 0 aliphatic rings. The highest BCUT2D eigenvalue weighted by molar-refractivity contribution is 6.04. The number of methoxy groups -OCH3 is 1. The van der Waals surface area contributed by atoms with Crippen molar-refractivity contribution >= 4 is 23.0 Å². The zero-order valence-electron chi connectivity index (χ0n) is 14.4. The highest BCUT2D eigenvalue weighted by Gasteiger charge is 2.22. The van der Waals surface area contributed by atoms with Crippen LogP contribution in [-0.4, -0.2) is 35.6 Å². The number of rotatable bonds is 7. The molecular weight excluding hydrogens is 308 g/mol. The van der Waals surface area contributed by atoms with Gasteiger partial charge in [-0.1, -0.05) is 51.3 Å². The fourth-order valence-corrected chi connectivity index (χ4v) is 2.60. The second-order valence-corrected chi connectivity index (χ2v) is 5.76. The van der Waals surface area contributed by atoms with Crippen LogP contribution in [0.25, 0.3) is 10.9 Å². The molecule has 1 atom stereocenters. The molecule has 1 unspecified atom stereocenters. The van der Waals surface area contributed by atoms with Gasteiger partial charge < -0.3 is 9.47 Å². The summed E-state index contributed by atoms with van der Waals surface area (Å²) in [5.74, 6) is -0.233. The van der Waals surface area contributed by atoms with Crippen molar-refractivity contribution in [2.45, 2.75) is 39.5 Å². The standard InChI is InChI=1S/C18H24N2O4/c1-4-6-9-13(5-2)12-24-18(22)20-15-11-8-7-10-14(15)16(19-20)17(21)23-3/h7-8,10-11,13H,4-6,9,12H2,1-3H3. The molecule has 0 aliphatic carbocycles. The van der Waals surface area contributed by atoms with Crippen molar-refractivity contribution in [3.63, 3.8) is 0 Å². The number of hydrogen-bond acceptors (Lipinski definition) is 5. The Kier molecular flexibility index (Phi) is 6.35. The second kappa shape index (κ2) is 8.47. The second-order valence-electron chi connectivity index (χ2n) is 5.76. The van der Waals surface area contributed by atoms with E-state index in [0.29, 0.717) is 23.4 Å². The van der Waals surface area contributed by atoms with E-state index in [1.807, 2.05) is 0 Å². The summed E-state index contributed by atoms with van der Waals surface area (Å²) in [7, 11) is 1.29. The summed E-state index contributed by atoms with van der Waals surface area (Å²) in [6.07, 6.45) is 3.66. The first kappa shape index (κ1) is 18.0. The third-order valence-electron chi connectivity index (χ3n) is 4.12. The van der Waals surface area contributed by atoms with E-state index in [-0.39, 0.29) is 5.69 Å². The van der Waals surface area contributed by atoms with Gasteiger partial charge in [-0.3, -0.25) is 0 Å². The number of carbonyl (C=O) groups excluding carboxylic acids is 2. The number of para-hydroxylation sites is 1. The summed E-state index contributed by atoms with van der Waals surface area (Å²) in [5.41, 5.74) is 0.646. The lowest BCUT2D eigenvalue weighted by molar-refractivity contribution is 0.0595. The molecule has 0 saturated heterocycles. The maximum Gasteiger partial charge on any atom is 0.435 e. The van der Waals surface area contributed by atoms with Gasteiger partial charge in [0.05, 0.1) is 19.2 Å². The smallest absolute Gasteiger partial charge is 0.435 e. The normalized spacial score (nSPS) is 12.1. The summed E-state index contributed by atoms with van der Waals surface area (Å²) in [6, 6.07) is 7.02. The summed E-state index contributed by atoms with van der Waals surface area (Å²) in [6.45, 7) is 4.59. The molecule has 2 aromatic rings. The molecule has 130 valence electrons. The van der Waals surface area contributed by atoms with Gasteiger partial charge in [-0.05, 0) is 18.4 Å². The Labute approximate surface area is 141 Å². The largest absolute Gasteiger partial charge is 0.464 e. The van der Waals surface area contributed by atoms with Crippen LogP contribution in [0.2, 0.25) is 0 Å². The lowest BCUT2D eigenvalue weighted by atomic mass is 10.0. The van der Waals surface area contributed by atoms with Gasteiger partial charge in [-0.15, -0.1) is 0 Å². The summed E-state index contributed by atoms with van der Waals surface area (Å²) in [4.78, 5) is 24.2. The molecule has 6 heteroatoms. The van der Waals surface area contributed by atoms with Crippen LogP contribution in [0.1, 0.15) is 50.0 Å². The maximum atomic E-state index is 12.4. The molecule has 0 aliphatic heterocycles. The van der Waals surface area contributed by atoms with E-state index < -0.39 is 12.1 Å². The van der Waals surface area contributed by atoms with E-state index in [4.69, 9.17) is 9.47 Å². The van der Waals surface area contributed by atoms with Gasteiger partial charge >= 0.3 is 12.1 Å². The van der Waals surface area contributed by atoms with Crippen molar-refractivity contribution < 1.29 is 19.1 Å². The first-order valence-corrected chi connectivity index (χ1v) is 8.35. The summed E-state index contributed by atoms with van der Waals surface area (Å²) >= 11 is 0. The lowest BCUT2D eigenvalue weighted by Gasteiger charge is -2.14. The third-order valence-corrected chi connectivity index (χ3v) is 4.12. The predicted octanol–water partition coefficient (Wildman–Crippen LogP) is 4.02. The van der Waals surface area contributed by atoms with Crippen molar-refractivity contribution in [3.8, 4) is 0 Å². The molecule has 0 amide bonds. The Morgan fingerprint density at radius 1 is 1.25 bits per heavy atom. The monoisotopic (exact) mass is 332 g/mol. The van der Waals surface area contributed by atoms with Crippen LogP contribution in [0.3, 0.4) is 0 Å². The fraction of sp³-hybridized carbons (Fsp3) is 0.500. The van der Waals surface area contributed by atoms with Crippen molar-refractivity contribution in [1.29, 1.82) is 0 Å². The topological polar surface area (TPSA) is 70.4 Å². The SMILES string of the molecule is CCCCC(CC)COC(=O)n1nc(C(=O)OC)c2ccccc21. The Bertz CT molecular complexity index is 708. The third kappa shape index (κ3) is 3.93. The number of ether oxygens (including phenoxy) is 2. The van der Waals surface area contributed by atoms with E-state index in [1.165, 1.54) is 7.11 Å². The van der Waals surface area contributed by atoms with Crippen molar-refractivity contribution in [1.82, 2.24) is 9.78 Å². The molecule has 0 saturated carbocycles. The van der Waals surface area contributed by atoms with Gasteiger partial charge in [-0.2, -0.15) is 9.78 Å². The Morgan fingerprint density at radius 3 is 2.67 bits per heavy atom. The van der Waals surface area contributed by atoms with E-state index in [0.717, 1.165) is 30.4 Å². The summed E-state index contributed by atoms with van der Waals surface area (Å²) in [5, 5.41) is 4.66. The van der Waals surface area contributed by atoms with Crippen LogP contribution in [0.15, 0.2) is 24.3 Å². The molecule has 6 nitrogen and oxygen atoms in total. The van der Waals surface area contributed by atoms with E-state index in [2.05, 4.69) is 18.9 Å². The zero-order valence-corrected chi connectivity index (χ0v) is 14.4. The van der Waals surface area contributed by atoms with E-state index in [9.17, 15) is 9.59 Å². The van der Waals surface area contributed by atoms with Crippen LogP contribution in [0, 0.1) is 5.92 Å². The van der Waals surface area contributed by atoms with Crippen LogP contribution >= 0.6 is 0 Å². The van der Waals surface area contributed by atoms with Crippen LogP contribution in [-0.2, 0) is 9.47 Å². The zero-order chi connectivity index (χ0) is 17.5. The van der Waals surface area contributed by atoms with Crippen molar-refractivity contribution in [2.24, 2.45) is 5.92 Å². The summed E-state index contributed by atoms with van der Waals surface area (Å²) < 4.78 is 11.3. The number of unbranched alkanes of at least 4 members (excludes halogenated alkanes) is 1. The quantitative estimate of drug-likeness (QED) is 0.716. The molecule has 0 radical (unpaired) electrons. The van der Waals surface area contributed by atoms with Crippen LogP contribution < -0.4 is 0 Å². The van der Waals surface area contributed by atoms with Crippen LogP contribution in [0.4, 0.5) is 4.79 Å². The van der Waals surface area contributed by atoms with E-state index >= 15 is 0 Å². The first-order valence-electron chi connectivity index (χ1n) is 8.35. The van der Waals surface area contributed by atoms with Gasteiger partial charge in [0.1, 0.15) is 0 Å². The van der Waals surface area contributed by atoms with Gasteiger partial charge in [0.2, 0.25) is 0 Å². The number of nitrogens with zero attached hydrogens (tertiary/aromatic N) is 2. The predicted molar refractivity (Wildman–Crippen MR) is 91.1 cm³/mol. The van der Waals surface area contributed by atoms with Crippen molar-refractivity contribution in [2.75, 3.05) is 13.7 Å². The highest BCUT2D eigenvalue weighted by atomic mass is 16.6.